The van der Waals surface area contributed by atoms with Crippen molar-refractivity contribution >= 4 is 29.1 Å². The van der Waals surface area contributed by atoms with Crippen LogP contribution in [-0.4, -0.2) is 48.5 Å². The highest BCUT2D eigenvalue weighted by Crippen LogP contribution is 2.27. The summed E-state index contributed by atoms with van der Waals surface area (Å²) >= 11 is 5.92. The van der Waals surface area contributed by atoms with Crippen LogP contribution in [0.3, 0.4) is 0 Å². The number of rotatable bonds is 7. The van der Waals surface area contributed by atoms with E-state index in [0.29, 0.717) is 31.3 Å². The average Bonchev–Trinajstić information content (AvgIpc) is 3.07. The van der Waals surface area contributed by atoms with Gasteiger partial charge in [0.2, 0.25) is 11.8 Å². The highest BCUT2D eigenvalue weighted by molar-refractivity contribution is 6.30. The van der Waals surface area contributed by atoms with Gasteiger partial charge in [-0.3, -0.25) is 14.6 Å². The number of carbonyl (C=O) groups excluding carboxylic acids is 2. The van der Waals surface area contributed by atoms with Crippen LogP contribution in [0.4, 0.5) is 5.69 Å². The van der Waals surface area contributed by atoms with E-state index in [1.54, 1.807) is 53.6 Å². The Bertz CT molecular complexity index is 783. The van der Waals surface area contributed by atoms with Crippen molar-refractivity contribution in [2.45, 2.75) is 13.0 Å². The Morgan fingerprint density at radius 2 is 1.96 bits per heavy atom. The topological polar surface area (TPSA) is 62.7 Å². The summed E-state index contributed by atoms with van der Waals surface area (Å²) in [5.74, 6) is -0.452. The first-order chi connectivity index (χ1) is 13.1. The van der Waals surface area contributed by atoms with Crippen LogP contribution in [0.25, 0.3) is 0 Å². The third-order valence-corrected chi connectivity index (χ3v) is 4.86. The van der Waals surface area contributed by atoms with E-state index in [1.165, 1.54) is 0 Å². The molecule has 0 spiro atoms. The summed E-state index contributed by atoms with van der Waals surface area (Å²) in [4.78, 5) is 33.0. The second kappa shape index (κ2) is 8.97. The van der Waals surface area contributed by atoms with E-state index >= 15 is 0 Å². The van der Waals surface area contributed by atoms with Crippen molar-refractivity contribution in [3.8, 4) is 0 Å². The summed E-state index contributed by atoms with van der Waals surface area (Å²) in [5.41, 5.74) is 1.76. The van der Waals surface area contributed by atoms with Crippen LogP contribution < -0.4 is 4.90 Å². The summed E-state index contributed by atoms with van der Waals surface area (Å²) in [7, 11) is 1.61. The molecule has 0 saturated carbocycles. The van der Waals surface area contributed by atoms with Crippen LogP contribution in [-0.2, 0) is 20.9 Å². The van der Waals surface area contributed by atoms with Crippen molar-refractivity contribution in [1.29, 1.82) is 0 Å². The van der Waals surface area contributed by atoms with Gasteiger partial charge in [-0.25, -0.2) is 0 Å². The van der Waals surface area contributed by atoms with Crippen LogP contribution >= 0.6 is 11.6 Å². The molecule has 2 aromatic rings. The monoisotopic (exact) mass is 387 g/mol. The molecule has 1 aliphatic heterocycles. The van der Waals surface area contributed by atoms with Crippen LogP contribution in [0, 0.1) is 5.92 Å². The van der Waals surface area contributed by atoms with Gasteiger partial charge in [-0.05, 0) is 42.0 Å². The number of carbonyl (C=O) groups is 2. The molecule has 1 aromatic carbocycles. The van der Waals surface area contributed by atoms with Gasteiger partial charge >= 0.3 is 0 Å². The Morgan fingerprint density at radius 1 is 1.26 bits per heavy atom. The van der Waals surface area contributed by atoms with E-state index in [0.717, 1.165) is 11.3 Å². The zero-order valence-corrected chi connectivity index (χ0v) is 15.9. The molecule has 3 rings (SSSR count). The summed E-state index contributed by atoms with van der Waals surface area (Å²) < 4.78 is 5.15. The molecule has 1 fully saturated rings. The molecule has 1 aromatic heterocycles. The lowest BCUT2D eigenvalue weighted by molar-refractivity contribution is -0.137. The van der Waals surface area contributed by atoms with E-state index in [-0.39, 0.29) is 24.2 Å². The number of benzene rings is 1. The molecule has 1 atom stereocenters. The minimum atomic E-state index is -0.369. The number of aromatic nitrogens is 1. The number of hydrogen-bond acceptors (Lipinski definition) is 4. The molecular formula is C20H22ClN3O3. The zero-order valence-electron chi connectivity index (χ0n) is 15.2. The lowest BCUT2D eigenvalue weighted by atomic mass is 10.1. The highest BCUT2D eigenvalue weighted by atomic mass is 35.5. The molecule has 0 unspecified atom stereocenters. The minimum Gasteiger partial charge on any atom is -0.383 e. The van der Waals surface area contributed by atoms with Gasteiger partial charge in [-0.15, -0.1) is 0 Å². The first kappa shape index (κ1) is 19.3. The normalized spacial score (nSPS) is 16.6. The van der Waals surface area contributed by atoms with Gasteiger partial charge in [0, 0.05) is 56.3 Å². The van der Waals surface area contributed by atoms with Crippen molar-refractivity contribution in [3.63, 3.8) is 0 Å². The van der Waals surface area contributed by atoms with E-state index < -0.39 is 0 Å². The van der Waals surface area contributed by atoms with Crippen molar-refractivity contribution in [3.05, 3.63) is 59.4 Å². The Hall–Kier alpha value is -2.44. The number of nitrogens with zero attached hydrogens (tertiary/aromatic N) is 3. The van der Waals surface area contributed by atoms with E-state index in [9.17, 15) is 9.59 Å². The third kappa shape index (κ3) is 4.84. The molecule has 142 valence electrons. The Kier molecular flexibility index (Phi) is 6.42. The number of pyridine rings is 1. The lowest BCUT2D eigenvalue weighted by Crippen LogP contribution is -2.39. The number of methoxy groups -OCH3 is 1. The molecule has 1 aliphatic rings. The summed E-state index contributed by atoms with van der Waals surface area (Å²) in [5, 5.41) is 0.612. The predicted molar refractivity (Wildman–Crippen MR) is 103 cm³/mol. The number of halogens is 1. The Balaban J connectivity index is 1.71. The fourth-order valence-electron chi connectivity index (χ4n) is 3.18. The molecule has 6 nitrogen and oxygen atoms in total. The maximum Gasteiger partial charge on any atom is 0.228 e. The maximum atomic E-state index is 13.1. The second-order valence-corrected chi connectivity index (χ2v) is 6.93. The van der Waals surface area contributed by atoms with Gasteiger partial charge in [0.1, 0.15) is 0 Å². The number of hydrogen-bond donors (Lipinski definition) is 0. The zero-order chi connectivity index (χ0) is 19.2. The molecule has 2 heterocycles. The second-order valence-electron chi connectivity index (χ2n) is 6.49. The minimum absolute atomic E-state index is 0.0336. The number of ether oxygens (including phenoxy) is 1. The first-order valence-electron chi connectivity index (χ1n) is 8.81. The third-order valence-electron chi connectivity index (χ3n) is 4.61. The van der Waals surface area contributed by atoms with E-state index in [2.05, 4.69) is 4.98 Å². The summed E-state index contributed by atoms with van der Waals surface area (Å²) in [6.07, 6.45) is 3.62. The fourth-order valence-corrected chi connectivity index (χ4v) is 3.30. The van der Waals surface area contributed by atoms with Crippen molar-refractivity contribution in [1.82, 2.24) is 9.88 Å². The first-order valence-corrected chi connectivity index (χ1v) is 9.19. The largest absolute Gasteiger partial charge is 0.383 e. The van der Waals surface area contributed by atoms with Crippen LogP contribution in [0.2, 0.25) is 5.02 Å². The molecule has 0 radical (unpaired) electrons. The molecule has 7 heteroatoms. The fraction of sp³-hybridized carbons (Fsp3) is 0.350. The van der Waals surface area contributed by atoms with Gasteiger partial charge in [-0.1, -0.05) is 11.6 Å². The number of amides is 2. The van der Waals surface area contributed by atoms with E-state index in [1.807, 2.05) is 12.1 Å². The average molecular weight is 388 g/mol. The molecule has 0 bridgehead atoms. The SMILES string of the molecule is COCCN(Cc1ccncc1)C(=O)[C@@H]1CC(=O)N(c2ccc(Cl)cc2)C1. The van der Waals surface area contributed by atoms with Crippen LogP contribution in [0.1, 0.15) is 12.0 Å². The standard InChI is InChI=1S/C20H22ClN3O3/c1-27-11-10-23(13-15-6-8-22-9-7-15)20(26)16-12-19(25)24(14-16)18-4-2-17(21)3-5-18/h2-9,16H,10-14H2,1H3/t16-/m1/s1. The molecular weight excluding hydrogens is 366 g/mol. The lowest BCUT2D eigenvalue weighted by Gasteiger charge is -2.25. The Labute approximate surface area is 163 Å². The molecule has 0 N–H and O–H groups in total. The van der Waals surface area contributed by atoms with Gasteiger partial charge < -0.3 is 14.5 Å². The van der Waals surface area contributed by atoms with Gasteiger partial charge in [0.05, 0.1) is 12.5 Å². The van der Waals surface area contributed by atoms with Gasteiger partial charge in [-0.2, -0.15) is 0 Å². The number of anilines is 1. The van der Waals surface area contributed by atoms with E-state index in [4.69, 9.17) is 16.3 Å². The highest BCUT2D eigenvalue weighted by Gasteiger charge is 2.37. The van der Waals surface area contributed by atoms with Crippen LogP contribution in [0.5, 0.6) is 0 Å². The summed E-state index contributed by atoms with van der Waals surface area (Å²) in [6, 6.07) is 10.8. The molecule has 1 saturated heterocycles. The van der Waals surface area contributed by atoms with Gasteiger partial charge in [0.15, 0.2) is 0 Å². The summed E-state index contributed by atoms with van der Waals surface area (Å²) in [6.45, 7) is 1.76. The molecule has 27 heavy (non-hydrogen) atoms. The quantitative estimate of drug-likeness (QED) is 0.732. The van der Waals surface area contributed by atoms with Crippen molar-refractivity contribution in [2.75, 3.05) is 31.7 Å². The van der Waals surface area contributed by atoms with Gasteiger partial charge in [0.25, 0.3) is 0 Å². The predicted octanol–water partition coefficient (Wildman–Crippen LogP) is 2.76. The molecule has 2 amide bonds. The smallest absolute Gasteiger partial charge is 0.228 e. The van der Waals surface area contributed by atoms with Crippen LogP contribution in [0.15, 0.2) is 48.8 Å². The maximum absolute atomic E-state index is 13.1. The van der Waals surface area contributed by atoms with Crippen molar-refractivity contribution < 1.29 is 14.3 Å². The molecule has 0 aliphatic carbocycles. The van der Waals surface area contributed by atoms with Crippen molar-refractivity contribution in [2.24, 2.45) is 5.92 Å². The Morgan fingerprint density at radius 3 is 2.63 bits per heavy atom.